The molecular weight excluding hydrogens is 308 g/mol. The van der Waals surface area contributed by atoms with Crippen LogP contribution in [0.1, 0.15) is 24.2 Å². The van der Waals surface area contributed by atoms with Crippen LogP contribution in [0.5, 0.6) is 0 Å². The van der Waals surface area contributed by atoms with Crippen molar-refractivity contribution in [1.82, 2.24) is 5.16 Å². The van der Waals surface area contributed by atoms with Crippen molar-refractivity contribution >= 4 is 28.5 Å². The molecule has 2 aromatic carbocycles. The normalized spacial score (nSPS) is 11.0. The molecule has 0 saturated carbocycles. The maximum Gasteiger partial charge on any atom is 0.335 e. The number of carbonyl (C=O) groups excluding carboxylic acids is 1. The van der Waals surface area contributed by atoms with Crippen LogP contribution in [0.15, 0.2) is 47.0 Å². The van der Waals surface area contributed by atoms with Crippen LogP contribution in [0.25, 0.3) is 22.2 Å². The molecule has 0 aliphatic rings. The molecule has 6 heteroatoms. The summed E-state index contributed by atoms with van der Waals surface area (Å²) >= 11 is 0. The summed E-state index contributed by atoms with van der Waals surface area (Å²) in [5.41, 5.74) is 2.20. The van der Waals surface area contributed by atoms with Gasteiger partial charge in [-0.05, 0) is 42.5 Å². The standard InChI is InChI=1S/C18H16N2O4/c1-10(2)17(21)19-13-6-3-11(4-7-13)16-14-9-12(18(22)23)5-8-15(14)20-24-16/h3-10H,1-2H3,(H,19,21)(H,22,23). The summed E-state index contributed by atoms with van der Waals surface area (Å²) in [6, 6.07) is 11.8. The molecular formula is C18H16N2O4. The molecule has 0 spiro atoms. The Balaban J connectivity index is 1.94. The molecule has 0 aliphatic carbocycles. The van der Waals surface area contributed by atoms with Crippen molar-refractivity contribution < 1.29 is 19.2 Å². The van der Waals surface area contributed by atoms with Gasteiger partial charge in [0.1, 0.15) is 5.52 Å². The molecule has 0 fully saturated rings. The molecule has 1 amide bonds. The molecule has 2 N–H and O–H groups in total. The number of hydrogen-bond acceptors (Lipinski definition) is 4. The predicted molar refractivity (Wildman–Crippen MR) is 89.9 cm³/mol. The Morgan fingerprint density at radius 2 is 1.83 bits per heavy atom. The van der Waals surface area contributed by atoms with Gasteiger partial charge in [0.15, 0.2) is 5.76 Å². The summed E-state index contributed by atoms with van der Waals surface area (Å²) in [6.45, 7) is 3.65. The number of nitrogens with one attached hydrogen (secondary N) is 1. The minimum Gasteiger partial charge on any atom is -0.478 e. The Morgan fingerprint density at radius 3 is 2.46 bits per heavy atom. The van der Waals surface area contributed by atoms with Gasteiger partial charge >= 0.3 is 5.97 Å². The average molecular weight is 324 g/mol. The summed E-state index contributed by atoms with van der Waals surface area (Å²) in [5, 5.41) is 16.5. The van der Waals surface area contributed by atoms with Crippen molar-refractivity contribution in [3.05, 3.63) is 48.0 Å². The lowest BCUT2D eigenvalue weighted by Gasteiger charge is -2.07. The van der Waals surface area contributed by atoms with Crippen LogP contribution in [0.2, 0.25) is 0 Å². The Bertz CT molecular complexity index is 910. The van der Waals surface area contributed by atoms with E-state index < -0.39 is 5.97 Å². The maximum absolute atomic E-state index is 11.7. The maximum atomic E-state index is 11.7. The van der Waals surface area contributed by atoms with Crippen LogP contribution in [-0.2, 0) is 4.79 Å². The highest BCUT2D eigenvalue weighted by atomic mass is 16.5. The third kappa shape index (κ3) is 2.99. The summed E-state index contributed by atoms with van der Waals surface area (Å²) in [7, 11) is 0. The fourth-order valence-electron chi connectivity index (χ4n) is 2.27. The number of amides is 1. The van der Waals surface area contributed by atoms with Gasteiger partial charge in [-0.3, -0.25) is 4.79 Å². The third-order valence-corrected chi connectivity index (χ3v) is 3.66. The van der Waals surface area contributed by atoms with Crippen molar-refractivity contribution in [3.63, 3.8) is 0 Å². The molecule has 3 aromatic rings. The lowest BCUT2D eigenvalue weighted by Crippen LogP contribution is -2.17. The monoisotopic (exact) mass is 324 g/mol. The summed E-state index contributed by atoms with van der Waals surface area (Å²) in [5.74, 6) is -0.665. The van der Waals surface area contributed by atoms with E-state index in [1.54, 1.807) is 30.3 Å². The number of carboxylic acid groups (broad SMARTS) is 1. The molecule has 0 bridgehead atoms. The molecule has 24 heavy (non-hydrogen) atoms. The van der Waals surface area contributed by atoms with Crippen LogP contribution in [0, 0.1) is 5.92 Å². The van der Waals surface area contributed by atoms with E-state index in [2.05, 4.69) is 10.5 Å². The van der Waals surface area contributed by atoms with Crippen molar-refractivity contribution in [2.45, 2.75) is 13.8 Å². The Kier molecular flexibility index (Phi) is 4.04. The van der Waals surface area contributed by atoms with Gasteiger partial charge in [-0.1, -0.05) is 19.0 Å². The smallest absolute Gasteiger partial charge is 0.335 e. The van der Waals surface area contributed by atoms with Crippen LogP contribution < -0.4 is 5.32 Å². The number of fused-ring (bicyclic) bond motifs is 1. The first kappa shape index (κ1) is 15.7. The van der Waals surface area contributed by atoms with Crippen molar-refractivity contribution in [2.24, 2.45) is 5.92 Å². The first-order chi connectivity index (χ1) is 11.5. The Labute approximate surface area is 138 Å². The summed E-state index contributed by atoms with van der Waals surface area (Å²) < 4.78 is 5.36. The third-order valence-electron chi connectivity index (χ3n) is 3.66. The number of rotatable bonds is 4. The zero-order chi connectivity index (χ0) is 17.3. The number of carbonyl (C=O) groups is 2. The molecule has 122 valence electrons. The number of aromatic carboxylic acids is 1. The molecule has 0 radical (unpaired) electrons. The number of anilines is 1. The van der Waals surface area contributed by atoms with Crippen molar-refractivity contribution in [1.29, 1.82) is 0 Å². The molecule has 3 rings (SSSR count). The topological polar surface area (TPSA) is 92.4 Å². The van der Waals surface area contributed by atoms with Gasteiger partial charge in [0.05, 0.1) is 10.9 Å². The molecule has 0 saturated heterocycles. The number of aromatic nitrogens is 1. The van der Waals surface area contributed by atoms with Crippen molar-refractivity contribution in [3.8, 4) is 11.3 Å². The Hall–Kier alpha value is -3.15. The van der Waals surface area contributed by atoms with Gasteiger partial charge in [-0.15, -0.1) is 0 Å². The molecule has 0 unspecified atom stereocenters. The second-order valence-electron chi connectivity index (χ2n) is 5.77. The zero-order valence-electron chi connectivity index (χ0n) is 13.2. The van der Waals surface area contributed by atoms with Gasteiger partial charge in [-0.25, -0.2) is 4.79 Å². The van der Waals surface area contributed by atoms with Crippen molar-refractivity contribution in [2.75, 3.05) is 5.32 Å². The Morgan fingerprint density at radius 1 is 1.12 bits per heavy atom. The van der Waals surface area contributed by atoms with E-state index >= 15 is 0 Å². The van der Waals surface area contributed by atoms with Crippen LogP contribution in [-0.4, -0.2) is 22.1 Å². The first-order valence-corrected chi connectivity index (χ1v) is 7.49. The van der Waals surface area contributed by atoms with E-state index in [4.69, 9.17) is 9.63 Å². The van der Waals surface area contributed by atoms with Gasteiger partial charge in [0.2, 0.25) is 5.91 Å². The van der Waals surface area contributed by atoms with E-state index in [0.717, 1.165) is 5.56 Å². The number of hydrogen-bond donors (Lipinski definition) is 2. The SMILES string of the molecule is CC(C)C(=O)Nc1ccc(-c2onc3ccc(C(=O)O)cc23)cc1. The second kappa shape index (κ2) is 6.16. The van der Waals surface area contributed by atoms with E-state index in [9.17, 15) is 9.59 Å². The van der Waals surface area contributed by atoms with E-state index in [1.165, 1.54) is 12.1 Å². The fourth-order valence-corrected chi connectivity index (χ4v) is 2.27. The zero-order valence-corrected chi connectivity index (χ0v) is 13.2. The fraction of sp³-hybridized carbons (Fsp3) is 0.167. The second-order valence-corrected chi connectivity index (χ2v) is 5.77. The van der Waals surface area contributed by atoms with Gasteiger partial charge in [-0.2, -0.15) is 0 Å². The van der Waals surface area contributed by atoms with E-state index in [1.807, 2.05) is 13.8 Å². The first-order valence-electron chi connectivity index (χ1n) is 7.49. The van der Waals surface area contributed by atoms with Gasteiger partial charge in [0.25, 0.3) is 0 Å². The highest BCUT2D eigenvalue weighted by Crippen LogP contribution is 2.30. The molecule has 6 nitrogen and oxygen atoms in total. The number of benzene rings is 2. The lowest BCUT2D eigenvalue weighted by molar-refractivity contribution is -0.118. The minimum atomic E-state index is -1.00. The average Bonchev–Trinajstić information content (AvgIpc) is 2.98. The highest BCUT2D eigenvalue weighted by molar-refractivity contribution is 5.98. The van der Waals surface area contributed by atoms with Gasteiger partial charge < -0.3 is 14.9 Å². The lowest BCUT2D eigenvalue weighted by atomic mass is 10.1. The van der Waals surface area contributed by atoms with Crippen LogP contribution >= 0.6 is 0 Å². The minimum absolute atomic E-state index is 0.0565. The quantitative estimate of drug-likeness (QED) is 0.761. The van der Waals surface area contributed by atoms with E-state index in [-0.39, 0.29) is 17.4 Å². The number of carboxylic acids is 1. The summed E-state index contributed by atoms with van der Waals surface area (Å²) in [6.07, 6.45) is 0. The molecule has 1 aromatic heterocycles. The number of nitrogens with zero attached hydrogens (tertiary/aromatic N) is 1. The van der Waals surface area contributed by atoms with Crippen LogP contribution in [0.4, 0.5) is 5.69 Å². The predicted octanol–water partition coefficient (Wildman–Crippen LogP) is 3.79. The van der Waals surface area contributed by atoms with Crippen LogP contribution in [0.3, 0.4) is 0 Å². The molecule has 0 atom stereocenters. The molecule has 1 heterocycles. The largest absolute Gasteiger partial charge is 0.478 e. The van der Waals surface area contributed by atoms with Gasteiger partial charge in [0, 0.05) is 17.2 Å². The highest BCUT2D eigenvalue weighted by Gasteiger charge is 2.14. The summed E-state index contributed by atoms with van der Waals surface area (Å²) in [4.78, 5) is 22.8. The van der Waals surface area contributed by atoms with E-state index in [0.29, 0.717) is 22.4 Å². The molecule has 0 aliphatic heterocycles.